The number of nitrogens with zero attached hydrogens (tertiary/aromatic N) is 3. The summed E-state index contributed by atoms with van der Waals surface area (Å²) in [5, 5.41) is 3.24. The lowest BCUT2D eigenvalue weighted by molar-refractivity contribution is 0.108. The van der Waals surface area contributed by atoms with Gasteiger partial charge < -0.3 is 14.8 Å². The van der Waals surface area contributed by atoms with Crippen molar-refractivity contribution in [3.8, 4) is 6.01 Å². The first kappa shape index (κ1) is 12.8. The molecule has 1 saturated carbocycles. The number of hydrazine groups is 1. The Hall–Kier alpha value is -1.67. The minimum Gasteiger partial charge on any atom is -0.467 e. The van der Waals surface area contributed by atoms with Gasteiger partial charge in [0.05, 0.1) is 13.2 Å². The maximum absolute atomic E-state index is 5.32. The Morgan fingerprint density at radius 3 is 2.56 bits per heavy atom. The van der Waals surface area contributed by atoms with Crippen LogP contribution in [-0.2, 0) is 4.74 Å². The smallest absolute Gasteiger partial charge is 0.322 e. The van der Waals surface area contributed by atoms with Crippen molar-refractivity contribution >= 4 is 11.9 Å². The van der Waals surface area contributed by atoms with Gasteiger partial charge in [0.25, 0.3) is 0 Å². The summed E-state index contributed by atoms with van der Waals surface area (Å²) in [5.41, 5.74) is 2.38. The molecule has 18 heavy (non-hydrogen) atoms. The number of ether oxygens (including phenoxy) is 2. The molecule has 1 aliphatic carbocycles. The van der Waals surface area contributed by atoms with Gasteiger partial charge in [0.2, 0.25) is 11.9 Å². The average molecular weight is 254 g/mol. The van der Waals surface area contributed by atoms with Crippen LogP contribution in [-0.4, -0.2) is 41.3 Å². The third-order valence-electron chi connectivity index (χ3n) is 2.98. The van der Waals surface area contributed by atoms with E-state index in [9.17, 15) is 0 Å². The van der Waals surface area contributed by atoms with Gasteiger partial charge in [0.1, 0.15) is 0 Å². The molecule has 1 heterocycles. The highest BCUT2D eigenvalue weighted by Crippen LogP contribution is 2.24. The molecule has 1 aromatic heterocycles. The molecule has 0 bridgehead atoms. The second-order valence-corrected chi connectivity index (χ2v) is 4.13. The van der Waals surface area contributed by atoms with Crippen LogP contribution in [0, 0.1) is 0 Å². The van der Waals surface area contributed by atoms with E-state index in [2.05, 4.69) is 25.7 Å². The minimum atomic E-state index is 0.224. The van der Waals surface area contributed by atoms with Crippen LogP contribution in [0.5, 0.6) is 6.01 Å². The fraction of sp³-hybridized carbons (Fsp3) is 0.700. The third-order valence-corrected chi connectivity index (χ3v) is 2.98. The highest BCUT2D eigenvalue weighted by molar-refractivity contribution is 5.35. The van der Waals surface area contributed by atoms with Crippen molar-refractivity contribution in [2.24, 2.45) is 5.84 Å². The minimum absolute atomic E-state index is 0.224. The van der Waals surface area contributed by atoms with Crippen molar-refractivity contribution in [1.82, 2.24) is 15.0 Å². The van der Waals surface area contributed by atoms with E-state index in [1.54, 1.807) is 7.11 Å². The largest absolute Gasteiger partial charge is 0.467 e. The summed E-state index contributed by atoms with van der Waals surface area (Å²) in [5.74, 6) is 6.01. The van der Waals surface area contributed by atoms with Crippen molar-refractivity contribution in [2.45, 2.75) is 31.4 Å². The summed E-state index contributed by atoms with van der Waals surface area (Å²) in [6, 6.07) is 0.523. The highest BCUT2D eigenvalue weighted by Gasteiger charge is 2.25. The summed E-state index contributed by atoms with van der Waals surface area (Å²) in [7, 11) is 3.23. The number of hydrogen-bond acceptors (Lipinski definition) is 8. The predicted octanol–water partition coefficient (Wildman–Crippen LogP) is 0.145. The van der Waals surface area contributed by atoms with Crippen LogP contribution in [0.4, 0.5) is 11.9 Å². The number of anilines is 2. The predicted molar refractivity (Wildman–Crippen MR) is 66.2 cm³/mol. The Labute approximate surface area is 105 Å². The number of nitrogen functional groups attached to an aromatic ring is 1. The van der Waals surface area contributed by atoms with Gasteiger partial charge >= 0.3 is 6.01 Å². The van der Waals surface area contributed by atoms with Gasteiger partial charge in [-0.25, -0.2) is 5.84 Å². The fourth-order valence-electron chi connectivity index (χ4n) is 2.04. The molecule has 0 amide bonds. The molecule has 1 fully saturated rings. The second kappa shape index (κ2) is 5.78. The van der Waals surface area contributed by atoms with Gasteiger partial charge in [0, 0.05) is 13.2 Å². The molecule has 1 aromatic rings. The van der Waals surface area contributed by atoms with Crippen molar-refractivity contribution in [1.29, 1.82) is 0 Å². The highest BCUT2D eigenvalue weighted by atomic mass is 16.5. The molecule has 0 aliphatic heterocycles. The summed E-state index contributed by atoms with van der Waals surface area (Å²) >= 11 is 0. The van der Waals surface area contributed by atoms with Gasteiger partial charge in [0.15, 0.2) is 0 Å². The normalized spacial score (nSPS) is 22.8. The van der Waals surface area contributed by atoms with Gasteiger partial charge in [-0.2, -0.15) is 15.0 Å². The van der Waals surface area contributed by atoms with E-state index in [-0.39, 0.29) is 12.0 Å². The first-order valence-electron chi connectivity index (χ1n) is 5.81. The van der Waals surface area contributed by atoms with E-state index in [1.807, 2.05) is 0 Å². The van der Waals surface area contributed by atoms with E-state index in [0.29, 0.717) is 18.1 Å². The van der Waals surface area contributed by atoms with E-state index in [1.165, 1.54) is 7.11 Å². The molecule has 0 spiro atoms. The quantitative estimate of drug-likeness (QED) is 0.503. The molecular weight excluding hydrogens is 236 g/mol. The van der Waals surface area contributed by atoms with E-state index >= 15 is 0 Å². The zero-order valence-corrected chi connectivity index (χ0v) is 10.5. The monoisotopic (exact) mass is 254 g/mol. The maximum Gasteiger partial charge on any atom is 0.322 e. The van der Waals surface area contributed by atoms with Crippen LogP contribution in [0.15, 0.2) is 0 Å². The molecule has 100 valence electrons. The van der Waals surface area contributed by atoms with Crippen LogP contribution < -0.4 is 21.3 Å². The topological polar surface area (TPSA) is 107 Å². The van der Waals surface area contributed by atoms with Gasteiger partial charge in [-0.05, 0) is 19.3 Å². The van der Waals surface area contributed by atoms with Crippen LogP contribution >= 0.6 is 0 Å². The molecule has 2 unspecified atom stereocenters. The Bertz CT molecular complexity index is 380. The number of methoxy groups -OCH3 is 2. The number of nitrogens with two attached hydrogens (primary N) is 1. The SMILES string of the molecule is COc1nc(NN)nc(NC2CCC(OC)C2)n1. The molecule has 2 rings (SSSR count). The average Bonchev–Trinajstić information content (AvgIpc) is 2.85. The lowest BCUT2D eigenvalue weighted by Gasteiger charge is -2.13. The zero-order chi connectivity index (χ0) is 13.0. The van der Waals surface area contributed by atoms with E-state index in [4.69, 9.17) is 15.3 Å². The number of nitrogens with one attached hydrogen (secondary N) is 2. The second-order valence-electron chi connectivity index (χ2n) is 4.13. The van der Waals surface area contributed by atoms with Crippen molar-refractivity contribution < 1.29 is 9.47 Å². The summed E-state index contributed by atoms with van der Waals surface area (Å²) < 4.78 is 10.3. The van der Waals surface area contributed by atoms with Gasteiger partial charge in [-0.1, -0.05) is 0 Å². The Morgan fingerprint density at radius 2 is 1.94 bits per heavy atom. The van der Waals surface area contributed by atoms with E-state index in [0.717, 1.165) is 19.3 Å². The van der Waals surface area contributed by atoms with Crippen molar-refractivity contribution in [3.63, 3.8) is 0 Å². The summed E-state index contributed by atoms with van der Waals surface area (Å²) in [4.78, 5) is 12.2. The van der Waals surface area contributed by atoms with Crippen LogP contribution in [0.2, 0.25) is 0 Å². The molecule has 1 aliphatic rings. The lowest BCUT2D eigenvalue weighted by atomic mass is 10.2. The number of hydrogen-bond donors (Lipinski definition) is 3. The van der Waals surface area contributed by atoms with Crippen LogP contribution in [0.1, 0.15) is 19.3 Å². The van der Waals surface area contributed by atoms with Gasteiger partial charge in [-0.15, -0.1) is 0 Å². The zero-order valence-electron chi connectivity index (χ0n) is 10.5. The van der Waals surface area contributed by atoms with Crippen molar-refractivity contribution in [3.05, 3.63) is 0 Å². The maximum atomic E-state index is 5.32. The Morgan fingerprint density at radius 1 is 1.17 bits per heavy atom. The molecule has 8 heteroatoms. The molecular formula is C10H18N6O2. The van der Waals surface area contributed by atoms with Gasteiger partial charge in [-0.3, -0.25) is 5.43 Å². The molecule has 0 saturated heterocycles. The van der Waals surface area contributed by atoms with Crippen LogP contribution in [0.25, 0.3) is 0 Å². The molecule has 8 nitrogen and oxygen atoms in total. The summed E-state index contributed by atoms with van der Waals surface area (Å²) in [6.07, 6.45) is 3.31. The molecule has 4 N–H and O–H groups in total. The first-order valence-corrected chi connectivity index (χ1v) is 5.81. The fourth-order valence-corrected chi connectivity index (χ4v) is 2.04. The van der Waals surface area contributed by atoms with E-state index < -0.39 is 0 Å². The molecule has 0 aromatic carbocycles. The van der Waals surface area contributed by atoms with Crippen molar-refractivity contribution in [2.75, 3.05) is 25.0 Å². The summed E-state index contributed by atoms with van der Waals surface area (Å²) in [6.45, 7) is 0. The number of aromatic nitrogens is 3. The Kier molecular flexibility index (Phi) is 4.11. The molecule has 2 atom stereocenters. The standard InChI is InChI=1S/C10H18N6O2/c1-17-7-4-3-6(5-7)12-8-13-9(16-11)15-10(14-8)18-2/h6-7H,3-5,11H2,1-2H3,(H2,12,13,14,15,16). The van der Waals surface area contributed by atoms with Crippen LogP contribution in [0.3, 0.4) is 0 Å². The third kappa shape index (κ3) is 2.96. The number of rotatable bonds is 5. The lowest BCUT2D eigenvalue weighted by Crippen LogP contribution is -2.20. The Balaban J connectivity index is 2.04. The molecule has 0 radical (unpaired) electrons. The first-order chi connectivity index (χ1) is 8.75.